The molecule has 0 fully saturated rings. The fourth-order valence-electron chi connectivity index (χ4n) is 1.65. The summed E-state index contributed by atoms with van der Waals surface area (Å²) < 4.78 is 18.9. The normalized spacial score (nSPS) is 10.3. The van der Waals surface area contributed by atoms with Crippen LogP contribution in [0.4, 0.5) is 4.39 Å². The molecule has 1 aromatic heterocycles. The topological polar surface area (TPSA) is 39.2 Å². The number of pyridine rings is 1. The third kappa shape index (κ3) is 2.90. The van der Waals surface area contributed by atoms with Gasteiger partial charge in [-0.05, 0) is 25.1 Å². The quantitative estimate of drug-likeness (QED) is 0.804. The highest BCUT2D eigenvalue weighted by molar-refractivity contribution is 6.35. The van der Waals surface area contributed by atoms with E-state index in [1.807, 2.05) is 6.92 Å². The Kier molecular flexibility index (Phi) is 4.12. The van der Waals surface area contributed by atoms with Crippen molar-refractivity contribution < 1.29 is 13.9 Å². The van der Waals surface area contributed by atoms with Crippen LogP contribution in [-0.4, -0.2) is 17.4 Å². The van der Waals surface area contributed by atoms with Gasteiger partial charge in [-0.25, -0.2) is 4.39 Å². The van der Waals surface area contributed by atoms with Gasteiger partial charge in [0, 0.05) is 11.8 Å². The predicted molar refractivity (Wildman–Crippen MR) is 70.2 cm³/mol. The van der Waals surface area contributed by atoms with E-state index in [-0.39, 0.29) is 16.1 Å². The van der Waals surface area contributed by atoms with Crippen molar-refractivity contribution in [2.75, 3.05) is 6.61 Å². The zero-order valence-corrected chi connectivity index (χ0v) is 10.9. The molecule has 0 aliphatic rings. The van der Waals surface area contributed by atoms with E-state index in [0.717, 1.165) is 0 Å². The molecule has 2 rings (SSSR count). The van der Waals surface area contributed by atoms with E-state index in [1.165, 1.54) is 36.7 Å². The lowest BCUT2D eigenvalue weighted by molar-refractivity contribution is 0.103. The maximum Gasteiger partial charge on any atom is 0.199 e. The van der Waals surface area contributed by atoms with Crippen molar-refractivity contribution in [2.24, 2.45) is 0 Å². The number of nitrogens with zero attached hydrogens (tertiary/aromatic N) is 1. The summed E-state index contributed by atoms with van der Waals surface area (Å²) in [5.41, 5.74) is 0.0811. The summed E-state index contributed by atoms with van der Waals surface area (Å²) in [4.78, 5) is 16.1. The number of hydrogen-bond donors (Lipinski definition) is 0. The second-order valence-corrected chi connectivity index (χ2v) is 4.18. The number of hydrogen-bond acceptors (Lipinski definition) is 3. The summed E-state index contributed by atoms with van der Waals surface area (Å²) in [5, 5.41) is 0.0758. The Balaban J connectivity index is 2.41. The Hall–Kier alpha value is -1.94. The number of halogens is 2. The van der Waals surface area contributed by atoms with Crippen LogP contribution in [0.2, 0.25) is 5.02 Å². The van der Waals surface area contributed by atoms with Gasteiger partial charge in [0.2, 0.25) is 0 Å². The first kappa shape index (κ1) is 13.5. The zero-order chi connectivity index (χ0) is 13.8. The molecule has 0 spiro atoms. The minimum Gasteiger partial charge on any atom is -0.492 e. The van der Waals surface area contributed by atoms with E-state index in [9.17, 15) is 9.18 Å². The van der Waals surface area contributed by atoms with Gasteiger partial charge in [0.05, 0.1) is 23.4 Å². The van der Waals surface area contributed by atoms with Crippen LogP contribution in [0.1, 0.15) is 22.8 Å². The summed E-state index contributed by atoms with van der Waals surface area (Å²) in [7, 11) is 0. The molecule has 1 aromatic carbocycles. The molecule has 0 unspecified atom stereocenters. The number of carbonyl (C=O) groups excluding carboxylic acids is 1. The zero-order valence-electron chi connectivity index (χ0n) is 10.2. The van der Waals surface area contributed by atoms with Crippen molar-refractivity contribution in [3.05, 3.63) is 58.6 Å². The molecule has 0 atom stereocenters. The smallest absolute Gasteiger partial charge is 0.199 e. The third-order valence-electron chi connectivity index (χ3n) is 2.48. The fraction of sp³-hybridized carbons (Fsp3) is 0.143. The molecule has 3 nitrogen and oxygen atoms in total. The highest BCUT2D eigenvalue weighted by Crippen LogP contribution is 2.23. The van der Waals surface area contributed by atoms with Crippen molar-refractivity contribution in [3.8, 4) is 5.75 Å². The van der Waals surface area contributed by atoms with E-state index < -0.39 is 11.6 Å². The predicted octanol–water partition coefficient (Wildman–Crippen LogP) is 3.50. The maximum atomic E-state index is 13.7. The van der Waals surface area contributed by atoms with Gasteiger partial charge in [-0.3, -0.25) is 9.78 Å². The Morgan fingerprint density at radius 1 is 1.42 bits per heavy atom. The van der Waals surface area contributed by atoms with Crippen LogP contribution in [0.25, 0.3) is 0 Å². The largest absolute Gasteiger partial charge is 0.492 e. The molecule has 98 valence electrons. The molecule has 0 bridgehead atoms. The van der Waals surface area contributed by atoms with Crippen molar-refractivity contribution in [1.29, 1.82) is 0 Å². The van der Waals surface area contributed by atoms with Crippen molar-refractivity contribution >= 4 is 17.4 Å². The SMILES string of the molecule is CCOc1cncc(C(=O)c2c(F)cccc2Cl)c1. The molecule has 0 saturated carbocycles. The monoisotopic (exact) mass is 279 g/mol. The Bertz CT molecular complexity index is 596. The summed E-state index contributed by atoms with van der Waals surface area (Å²) in [6.07, 6.45) is 2.84. The van der Waals surface area contributed by atoms with E-state index in [2.05, 4.69) is 4.98 Å². The molecule has 0 N–H and O–H groups in total. The van der Waals surface area contributed by atoms with E-state index >= 15 is 0 Å². The van der Waals surface area contributed by atoms with Gasteiger partial charge in [0.1, 0.15) is 11.6 Å². The Labute approximate surface area is 115 Å². The standard InChI is InChI=1S/C14H11ClFNO2/c1-2-19-10-6-9(7-17-8-10)14(18)13-11(15)4-3-5-12(13)16/h3-8H,2H2,1H3. The summed E-state index contributed by atoms with van der Waals surface area (Å²) >= 11 is 5.86. The molecule has 0 saturated heterocycles. The molecule has 0 aliphatic carbocycles. The Morgan fingerprint density at radius 2 is 2.21 bits per heavy atom. The van der Waals surface area contributed by atoms with E-state index in [0.29, 0.717) is 12.4 Å². The summed E-state index contributed by atoms with van der Waals surface area (Å²) in [5.74, 6) is -0.711. The van der Waals surface area contributed by atoms with Gasteiger partial charge in [-0.1, -0.05) is 17.7 Å². The molecule has 1 heterocycles. The first-order chi connectivity index (χ1) is 9.13. The summed E-state index contributed by atoms with van der Waals surface area (Å²) in [6, 6.07) is 5.63. The van der Waals surface area contributed by atoms with Gasteiger partial charge in [-0.15, -0.1) is 0 Å². The Morgan fingerprint density at radius 3 is 2.89 bits per heavy atom. The molecular weight excluding hydrogens is 269 g/mol. The van der Waals surface area contributed by atoms with Crippen LogP contribution in [0.3, 0.4) is 0 Å². The first-order valence-electron chi connectivity index (χ1n) is 5.70. The summed E-state index contributed by atoms with van der Waals surface area (Å²) in [6.45, 7) is 2.28. The lowest BCUT2D eigenvalue weighted by Gasteiger charge is -2.07. The number of ether oxygens (including phenoxy) is 1. The number of benzene rings is 1. The van der Waals surface area contributed by atoms with Crippen LogP contribution in [0, 0.1) is 5.82 Å². The van der Waals surface area contributed by atoms with E-state index in [4.69, 9.17) is 16.3 Å². The van der Waals surface area contributed by atoms with Gasteiger partial charge < -0.3 is 4.74 Å². The molecular formula is C14H11ClFNO2. The number of ketones is 1. The van der Waals surface area contributed by atoms with Gasteiger partial charge in [0.15, 0.2) is 5.78 Å². The van der Waals surface area contributed by atoms with Crippen LogP contribution in [-0.2, 0) is 0 Å². The van der Waals surface area contributed by atoms with Gasteiger partial charge in [0.25, 0.3) is 0 Å². The second-order valence-electron chi connectivity index (χ2n) is 3.77. The number of carbonyl (C=O) groups is 1. The van der Waals surface area contributed by atoms with Gasteiger partial charge in [-0.2, -0.15) is 0 Å². The molecule has 19 heavy (non-hydrogen) atoms. The molecule has 0 aliphatic heterocycles. The van der Waals surface area contributed by atoms with E-state index in [1.54, 1.807) is 0 Å². The lowest BCUT2D eigenvalue weighted by atomic mass is 10.0. The minimum atomic E-state index is -0.653. The van der Waals surface area contributed by atoms with Crippen LogP contribution in [0.15, 0.2) is 36.7 Å². The highest BCUT2D eigenvalue weighted by Gasteiger charge is 2.18. The fourth-order valence-corrected chi connectivity index (χ4v) is 1.90. The highest BCUT2D eigenvalue weighted by atomic mass is 35.5. The second kappa shape index (κ2) is 5.80. The average Bonchev–Trinajstić information content (AvgIpc) is 2.39. The number of rotatable bonds is 4. The lowest BCUT2D eigenvalue weighted by Crippen LogP contribution is -2.06. The van der Waals surface area contributed by atoms with Crippen molar-refractivity contribution in [3.63, 3.8) is 0 Å². The first-order valence-corrected chi connectivity index (χ1v) is 6.08. The molecule has 2 aromatic rings. The van der Waals surface area contributed by atoms with Crippen LogP contribution in [0.5, 0.6) is 5.75 Å². The van der Waals surface area contributed by atoms with Crippen LogP contribution < -0.4 is 4.74 Å². The minimum absolute atomic E-state index is 0.0758. The van der Waals surface area contributed by atoms with Crippen molar-refractivity contribution in [1.82, 2.24) is 4.98 Å². The van der Waals surface area contributed by atoms with Gasteiger partial charge >= 0.3 is 0 Å². The molecule has 0 amide bonds. The molecule has 0 radical (unpaired) electrons. The van der Waals surface area contributed by atoms with Crippen LogP contribution >= 0.6 is 11.6 Å². The maximum absolute atomic E-state index is 13.7. The van der Waals surface area contributed by atoms with Crippen molar-refractivity contribution in [2.45, 2.75) is 6.92 Å². The molecule has 5 heteroatoms. The average molecular weight is 280 g/mol. The number of aromatic nitrogens is 1. The third-order valence-corrected chi connectivity index (χ3v) is 2.79.